The number of nitrogens with zero attached hydrogens (tertiary/aromatic N) is 5. The van der Waals surface area contributed by atoms with E-state index < -0.39 is 196 Å². The van der Waals surface area contributed by atoms with E-state index in [1.165, 1.54) is 30.3 Å². The zero-order valence-corrected chi connectivity index (χ0v) is 58.9. The fraction of sp³-hybridized carbons (Fsp3) is 0.548. The van der Waals surface area contributed by atoms with Gasteiger partial charge in [0.05, 0.1) is 42.9 Å². The molecule has 0 radical (unpaired) electrons. The monoisotopic (exact) mass is 1500 g/mol. The first-order valence-electron chi connectivity index (χ1n) is 33.3. The van der Waals surface area contributed by atoms with E-state index >= 15 is 0 Å². The van der Waals surface area contributed by atoms with Crippen molar-refractivity contribution in [3.63, 3.8) is 0 Å². The van der Waals surface area contributed by atoms with E-state index in [1.807, 2.05) is 0 Å². The van der Waals surface area contributed by atoms with Crippen molar-refractivity contribution in [1.82, 2.24) is 74.1 Å². The average Bonchev–Trinajstić information content (AvgIpc) is 1.87. The molecule has 4 rings (SSSR count). The standard InChI is InChI=1S/C62H92N22O20S/c1-31(2)47-59(100)77-37(53(94)79-39(25-45(87)88)51(92)72-29-43(85)75-35(55(96)81-47)16-11-23-69-61(63)64)14-7-9-21-67-57(98)49(83-50(91)34-19-20-42(71-27-34)84-74-28-33-13-5-6-18-41(33)105(102,103)104)58(99)68-22-10-8-15-38-54(95)80-40(26-46(89)90)52(93)73-30-44(86)76-36(17-12-24-70-62(65)66)56(97)82-48(32(3)4)60(101)78-38/h5-6,13,18-20,27,31-32,35-40,47-49H,7-12,14-17,21-26,28-30H2,1-4H3,(H,67,98)(H,68,99)(H,72,92)(H,73,93)(H,75,85)(H,76,86)(H,77,100)(H,78,101)(H,79,94)(H,80,95)(H,81,96)(H,82,97)(H,83,91)(H,87,88)(H,89,90)(H4,63,64,69)(H4,65,66,70)(H,102,103,104)/t35-,36-,37-,38?,39-,40-,47+,48+,49?/m1/s1. The Morgan fingerprint density at radius 1 is 0.533 bits per heavy atom. The molecule has 2 unspecified atom stereocenters. The molecule has 0 spiro atoms. The van der Waals surface area contributed by atoms with Gasteiger partial charge < -0.3 is 102 Å². The lowest BCUT2D eigenvalue weighted by molar-refractivity contribution is -0.141. The Morgan fingerprint density at radius 2 is 0.943 bits per heavy atom. The fourth-order valence-electron chi connectivity index (χ4n) is 10.3. The third-order valence-electron chi connectivity index (χ3n) is 15.7. The number of guanidine groups is 2. The minimum absolute atomic E-state index is 0.0375. The number of hydrogen-bond donors (Lipinski definition) is 20. The molecule has 43 heteroatoms. The van der Waals surface area contributed by atoms with Gasteiger partial charge in [0.15, 0.2) is 23.8 Å². The number of nitrogens with two attached hydrogens (primary N) is 4. The van der Waals surface area contributed by atoms with Crippen molar-refractivity contribution in [1.29, 1.82) is 0 Å². The van der Waals surface area contributed by atoms with Gasteiger partial charge in [0.1, 0.15) is 48.3 Å². The number of hydrogen-bond acceptors (Lipinski definition) is 22. The normalized spacial score (nSPS) is 20.8. The molecule has 576 valence electrons. The summed E-state index contributed by atoms with van der Waals surface area (Å²) >= 11 is 0. The summed E-state index contributed by atoms with van der Waals surface area (Å²) in [5, 5.41) is 58.9. The first kappa shape index (κ1) is 85.9. The minimum atomic E-state index is -4.62. The second kappa shape index (κ2) is 42.8. The van der Waals surface area contributed by atoms with Gasteiger partial charge in [-0.3, -0.25) is 86.5 Å². The van der Waals surface area contributed by atoms with Gasteiger partial charge in [-0.15, -0.1) is 5.11 Å². The number of aliphatic carboxylic acids is 2. The highest BCUT2D eigenvalue weighted by Crippen LogP contribution is 2.19. The molecule has 2 fully saturated rings. The number of pyridine rings is 1. The summed E-state index contributed by atoms with van der Waals surface area (Å²) in [5.74, 6) is -17.8. The Balaban J connectivity index is 1.59. The van der Waals surface area contributed by atoms with Crippen LogP contribution in [0, 0.1) is 11.8 Å². The summed E-state index contributed by atoms with van der Waals surface area (Å²) in [4.78, 5) is 214. The van der Waals surface area contributed by atoms with Crippen molar-refractivity contribution < 1.29 is 95.1 Å². The number of carboxylic acid groups (broad SMARTS) is 2. The molecule has 1 aromatic carbocycles. The predicted molar refractivity (Wildman–Crippen MR) is 369 cm³/mol. The van der Waals surface area contributed by atoms with Crippen molar-refractivity contribution in [2.24, 2.45) is 55.0 Å². The second-order valence-electron chi connectivity index (χ2n) is 24.8. The number of nitrogens with one attached hydrogen (secondary N) is 13. The van der Waals surface area contributed by atoms with E-state index in [2.05, 4.69) is 94.3 Å². The molecule has 9 atom stereocenters. The Hall–Kier alpha value is -11.5. The molecular formula is C62H92N22O20S. The van der Waals surface area contributed by atoms with Crippen LogP contribution in [0.2, 0.25) is 0 Å². The maximum atomic E-state index is 14.1. The summed E-state index contributed by atoms with van der Waals surface area (Å²) in [6.45, 7) is 3.94. The van der Waals surface area contributed by atoms with E-state index in [0.717, 1.165) is 12.3 Å². The highest BCUT2D eigenvalue weighted by atomic mass is 32.2. The molecular weight excluding hydrogens is 1400 g/mol. The number of aromatic nitrogens is 1. The highest BCUT2D eigenvalue weighted by molar-refractivity contribution is 7.85. The van der Waals surface area contributed by atoms with Crippen LogP contribution in [0.25, 0.3) is 0 Å². The molecule has 2 aromatic rings. The molecule has 2 saturated heterocycles. The zero-order valence-electron chi connectivity index (χ0n) is 58.1. The van der Waals surface area contributed by atoms with Gasteiger partial charge in [-0.2, -0.15) is 13.5 Å². The van der Waals surface area contributed by atoms with Gasteiger partial charge >= 0.3 is 11.9 Å². The topological polar surface area (TPSA) is 674 Å². The van der Waals surface area contributed by atoms with Crippen LogP contribution in [0.5, 0.6) is 0 Å². The quantitative estimate of drug-likeness (QED) is 0.00809. The van der Waals surface area contributed by atoms with Crippen molar-refractivity contribution >= 4 is 117 Å². The van der Waals surface area contributed by atoms with Crippen LogP contribution in [0.1, 0.15) is 121 Å². The van der Waals surface area contributed by atoms with E-state index in [4.69, 9.17) is 22.9 Å². The van der Waals surface area contributed by atoms with Crippen molar-refractivity contribution in [2.45, 2.75) is 171 Å². The Morgan fingerprint density at radius 3 is 1.34 bits per heavy atom. The lowest BCUT2D eigenvalue weighted by atomic mass is 10.0. The SMILES string of the molecule is CC(C)[C@@H]1NC(=O)[C@@H](CCCN=C(N)N)NC(=O)CNC(=O)[C@@H](CC(=O)O)NC(=O)C(CCCCNC(=O)C(NC(=O)c2ccc(N=NCc3ccccc3S(=O)(=O)O)nc2)C(=O)NCCCC[C@H]2NC(=O)[C@H](C(C)C)NC(=O)[C@@H](CCCN=C(N)N)NC(=O)CNC(=O)[C@@H](CC(=O)O)NC2=O)NC1=O. The third-order valence-corrected chi connectivity index (χ3v) is 16.7. The number of azo groups is 1. The van der Waals surface area contributed by atoms with Crippen molar-refractivity contribution in [3.05, 3.63) is 53.7 Å². The molecule has 0 aliphatic carbocycles. The summed E-state index contributed by atoms with van der Waals surface area (Å²) in [6.07, 6.45) is -1.45. The lowest BCUT2D eigenvalue weighted by Gasteiger charge is -2.27. The van der Waals surface area contributed by atoms with Gasteiger partial charge in [-0.1, -0.05) is 45.9 Å². The van der Waals surface area contributed by atoms with Gasteiger partial charge in [0.25, 0.3) is 27.8 Å². The van der Waals surface area contributed by atoms with Crippen LogP contribution in [-0.4, -0.2) is 222 Å². The van der Waals surface area contributed by atoms with Gasteiger partial charge in [0, 0.05) is 32.4 Å². The van der Waals surface area contributed by atoms with E-state index in [0.29, 0.717) is 0 Å². The largest absolute Gasteiger partial charge is 0.481 e. The van der Waals surface area contributed by atoms with E-state index in [1.54, 1.807) is 27.7 Å². The summed E-state index contributed by atoms with van der Waals surface area (Å²) in [5.41, 5.74) is 21.5. The number of benzene rings is 1. The van der Waals surface area contributed by atoms with Gasteiger partial charge in [-0.05, 0) is 99.8 Å². The number of unbranched alkanes of at least 4 members (excludes halogenated alkanes) is 2. The van der Waals surface area contributed by atoms with Gasteiger partial charge in [0.2, 0.25) is 59.1 Å². The zero-order chi connectivity index (χ0) is 78.1. The number of carboxylic acids is 2. The van der Waals surface area contributed by atoms with Crippen LogP contribution in [-0.2, 0) is 83.8 Å². The Bertz CT molecular complexity index is 3520. The molecule has 105 heavy (non-hydrogen) atoms. The van der Waals surface area contributed by atoms with E-state index in [9.17, 15) is 95.1 Å². The molecule has 2 aliphatic rings. The van der Waals surface area contributed by atoms with Crippen LogP contribution in [0.15, 0.2) is 67.7 Å². The number of carbonyl (C=O) groups is 15. The molecule has 3 heterocycles. The summed E-state index contributed by atoms with van der Waals surface area (Å²) in [7, 11) is -4.62. The molecule has 24 N–H and O–H groups in total. The average molecular weight is 1500 g/mol. The third kappa shape index (κ3) is 30.5. The first-order valence-corrected chi connectivity index (χ1v) is 34.7. The number of aliphatic imine (C=N–C) groups is 2. The molecule has 42 nitrogen and oxygen atoms in total. The highest BCUT2D eigenvalue weighted by Gasteiger charge is 2.37. The van der Waals surface area contributed by atoms with Gasteiger partial charge in [-0.25, -0.2) is 4.98 Å². The fourth-order valence-corrected chi connectivity index (χ4v) is 11.0. The molecule has 13 amide bonds. The van der Waals surface area contributed by atoms with Crippen LogP contribution in [0.4, 0.5) is 5.82 Å². The summed E-state index contributed by atoms with van der Waals surface area (Å²) in [6, 6.07) is -6.19. The predicted octanol–water partition coefficient (Wildman–Crippen LogP) is -6.21. The molecule has 0 saturated carbocycles. The van der Waals surface area contributed by atoms with Crippen LogP contribution in [0.3, 0.4) is 0 Å². The number of carbonyl (C=O) groups excluding carboxylic acids is 13. The number of rotatable bonds is 32. The second-order valence-corrected chi connectivity index (χ2v) is 26.2. The molecule has 2 aliphatic heterocycles. The van der Waals surface area contributed by atoms with Crippen molar-refractivity contribution in [3.8, 4) is 0 Å². The van der Waals surface area contributed by atoms with Crippen molar-refractivity contribution in [2.75, 3.05) is 39.3 Å². The van der Waals surface area contributed by atoms with Crippen LogP contribution >= 0.6 is 0 Å². The Labute approximate surface area is 602 Å². The maximum absolute atomic E-state index is 14.1. The first-order chi connectivity index (χ1) is 49.5. The maximum Gasteiger partial charge on any atom is 0.305 e. The Kier molecular flexibility index (Phi) is 35.0. The smallest absolute Gasteiger partial charge is 0.305 e. The summed E-state index contributed by atoms with van der Waals surface area (Å²) < 4.78 is 33.4. The molecule has 0 bridgehead atoms. The molecule has 1 aromatic heterocycles. The number of amides is 13. The minimum Gasteiger partial charge on any atom is -0.481 e. The van der Waals surface area contributed by atoms with E-state index in [-0.39, 0.29) is 126 Å². The lowest BCUT2D eigenvalue weighted by Crippen LogP contribution is -2.59. The van der Waals surface area contributed by atoms with Crippen LogP contribution < -0.4 is 92.1 Å².